The highest BCUT2D eigenvalue weighted by molar-refractivity contribution is 5.87. The monoisotopic (exact) mass is 325 g/mol. The highest BCUT2D eigenvalue weighted by Gasteiger charge is 2.24. The second-order valence-corrected chi connectivity index (χ2v) is 7.22. The quantitative estimate of drug-likeness (QED) is 0.850. The first-order valence-electron chi connectivity index (χ1n) is 8.45. The lowest BCUT2D eigenvalue weighted by atomic mass is 9.87. The normalized spacial score (nSPS) is 12.9. The van der Waals surface area contributed by atoms with Crippen molar-refractivity contribution in [2.75, 3.05) is 6.54 Å². The highest BCUT2D eigenvalue weighted by atomic mass is 16.3. The van der Waals surface area contributed by atoms with Gasteiger partial charge in [0.2, 0.25) is 5.91 Å². The molecule has 0 aromatic heterocycles. The minimum absolute atomic E-state index is 0.0338. The highest BCUT2D eigenvalue weighted by Crippen LogP contribution is 2.25. The average Bonchev–Trinajstić information content (AvgIpc) is 2.56. The molecule has 3 heteroatoms. The molecule has 0 radical (unpaired) electrons. The second-order valence-electron chi connectivity index (χ2n) is 7.22. The third-order valence-corrected chi connectivity index (χ3v) is 4.24. The molecule has 0 aliphatic heterocycles. The predicted molar refractivity (Wildman–Crippen MR) is 97.8 cm³/mol. The summed E-state index contributed by atoms with van der Waals surface area (Å²) in [6.07, 6.45) is 0.107. The summed E-state index contributed by atoms with van der Waals surface area (Å²) in [5.41, 5.74) is 1.76. The lowest BCUT2D eigenvalue weighted by Gasteiger charge is -2.26. The summed E-state index contributed by atoms with van der Waals surface area (Å²) in [6.45, 7) is 6.45. The fourth-order valence-corrected chi connectivity index (χ4v) is 2.65. The molecular formula is C21H27NO2. The number of carbonyl (C=O) groups is 1. The van der Waals surface area contributed by atoms with E-state index in [1.807, 2.05) is 81.4 Å². The Hall–Kier alpha value is -2.13. The molecule has 3 nitrogen and oxygen atoms in total. The number of aliphatic hydroxyl groups excluding tert-OH is 1. The molecular weight excluding hydrogens is 298 g/mol. The van der Waals surface area contributed by atoms with Gasteiger partial charge in [0.05, 0.1) is 12.0 Å². The number of hydrogen-bond acceptors (Lipinski definition) is 2. The topological polar surface area (TPSA) is 49.3 Å². The molecule has 2 aromatic rings. The molecule has 2 N–H and O–H groups in total. The first-order chi connectivity index (χ1) is 11.4. The zero-order valence-electron chi connectivity index (χ0n) is 14.7. The van der Waals surface area contributed by atoms with Gasteiger partial charge in [0, 0.05) is 6.54 Å². The van der Waals surface area contributed by atoms with E-state index in [9.17, 15) is 9.90 Å². The molecule has 0 heterocycles. The van der Waals surface area contributed by atoms with Crippen molar-refractivity contribution in [3.63, 3.8) is 0 Å². The van der Waals surface area contributed by atoms with E-state index in [0.29, 0.717) is 13.0 Å². The maximum absolute atomic E-state index is 12.8. The zero-order valence-corrected chi connectivity index (χ0v) is 14.7. The fourth-order valence-electron chi connectivity index (χ4n) is 2.65. The molecule has 0 saturated heterocycles. The number of aliphatic hydroxyl groups is 1. The Balaban J connectivity index is 2.09. The molecule has 2 rings (SSSR count). The van der Waals surface area contributed by atoms with Crippen molar-refractivity contribution in [1.29, 1.82) is 0 Å². The van der Waals surface area contributed by atoms with Crippen LogP contribution in [0.2, 0.25) is 0 Å². The third-order valence-electron chi connectivity index (χ3n) is 4.24. The molecule has 1 amide bonds. The van der Waals surface area contributed by atoms with E-state index >= 15 is 0 Å². The Morgan fingerprint density at radius 1 is 0.958 bits per heavy atom. The van der Waals surface area contributed by atoms with Crippen molar-refractivity contribution in [2.24, 2.45) is 5.41 Å². The summed E-state index contributed by atoms with van der Waals surface area (Å²) in [5, 5.41) is 13.1. The van der Waals surface area contributed by atoms with Gasteiger partial charge >= 0.3 is 0 Å². The molecule has 0 saturated carbocycles. The van der Waals surface area contributed by atoms with Crippen LogP contribution in [0.4, 0.5) is 0 Å². The standard InChI is InChI=1S/C21H27NO2/c1-21(2,3)18(23)14-15-22-20(24)19(16-10-6-4-7-11-16)17-12-8-5-9-13-17/h4-13,18-19,23H,14-15H2,1-3H3,(H,22,24). The van der Waals surface area contributed by atoms with Gasteiger partial charge in [-0.25, -0.2) is 0 Å². The Kier molecular flexibility index (Phi) is 6.16. The van der Waals surface area contributed by atoms with Crippen molar-refractivity contribution >= 4 is 5.91 Å². The summed E-state index contributed by atoms with van der Waals surface area (Å²) in [4.78, 5) is 12.8. The van der Waals surface area contributed by atoms with Crippen molar-refractivity contribution in [2.45, 2.75) is 39.2 Å². The first-order valence-corrected chi connectivity index (χ1v) is 8.45. The van der Waals surface area contributed by atoms with Crippen LogP contribution < -0.4 is 5.32 Å². The molecule has 0 aliphatic rings. The third kappa shape index (κ3) is 4.93. The van der Waals surface area contributed by atoms with Crippen LogP contribution in [0.3, 0.4) is 0 Å². The fraction of sp³-hybridized carbons (Fsp3) is 0.381. The van der Waals surface area contributed by atoms with Crippen molar-refractivity contribution in [3.8, 4) is 0 Å². The lowest BCUT2D eigenvalue weighted by molar-refractivity contribution is -0.121. The van der Waals surface area contributed by atoms with Crippen LogP contribution >= 0.6 is 0 Å². The van der Waals surface area contributed by atoms with Gasteiger partial charge in [0.25, 0.3) is 0 Å². The number of rotatable bonds is 6. The molecule has 1 unspecified atom stereocenters. The SMILES string of the molecule is CC(C)(C)C(O)CCNC(=O)C(c1ccccc1)c1ccccc1. The van der Waals surface area contributed by atoms with E-state index in [-0.39, 0.29) is 17.2 Å². The van der Waals surface area contributed by atoms with E-state index in [4.69, 9.17) is 0 Å². The summed E-state index contributed by atoms with van der Waals surface area (Å²) in [6, 6.07) is 19.6. The Bertz CT molecular complexity index is 592. The smallest absolute Gasteiger partial charge is 0.232 e. The lowest BCUT2D eigenvalue weighted by Crippen LogP contribution is -2.35. The molecule has 0 aliphatic carbocycles. The van der Waals surface area contributed by atoms with Crippen LogP contribution in [0.5, 0.6) is 0 Å². The van der Waals surface area contributed by atoms with Crippen LogP contribution in [0.15, 0.2) is 60.7 Å². The van der Waals surface area contributed by atoms with Gasteiger partial charge in [0.15, 0.2) is 0 Å². The molecule has 0 bridgehead atoms. The minimum atomic E-state index is -0.440. The minimum Gasteiger partial charge on any atom is -0.393 e. The number of amides is 1. The molecule has 0 fully saturated rings. The summed E-state index contributed by atoms with van der Waals surface area (Å²) < 4.78 is 0. The summed E-state index contributed by atoms with van der Waals surface area (Å²) in [5.74, 6) is -0.368. The molecule has 128 valence electrons. The average molecular weight is 325 g/mol. The van der Waals surface area contributed by atoms with Crippen LogP contribution in [0.25, 0.3) is 0 Å². The zero-order chi connectivity index (χ0) is 17.6. The van der Waals surface area contributed by atoms with E-state index in [1.165, 1.54) is 0 Å². The summed E-state index contributed by atoms with van der Waals surface area (Å²) >= 11 is 0. The van der Waals surface area contributed by atoms with Gasteiger partial charge in [-0.3, -0.25) is 4.79 Å². The van der Waals surface area contributed by atoms with Crippen LogP contribution in [0, 0.1) is 5.41 Å². The van der Waals surface area contributed by atoms with Gasteiger partial charge in [0.1, 0.15) is 0 Å². The number of benzene rings is 2. The van der Waals surface area contributed by atoms with Gasteiger partial charge in [-0.05, 0) is 23.0 Å². The maximum atomic E-state index is 12.8. The van der Waals surface area contributed by atoms with E-state index in [0.717, 1.165) is 11.1 Å². The van der Waals surface area contributed by atoms with E-state index in [2.05, 4.69) is 5.32 Å². The number of hydrogen-bond donors (Lipinski definition) is 2. The van der Waals surface area contributed by atoms with Crippen molar-refractivity contribution in [3.05, 3.63) is 71.8 Å². The van der Waals surface area contributed by atoms with Gasteiger partial charge < -0.3 is 10.4 Å². The maximum Gasteiger partial charge on any atom is 0.232 e. The molecule has 0 spiro atoms. The number of carbonyl (C=O) groups excluding carboxylic acids is 1. The largest absolute Gasteiger partial charge is 0.393 e. The second kappa shape index (κ2) is 8.11. The van der Waals surface area contributed by atoms with Crippen LogP contribution in [-0.4, -0.2) is 23.7 Å². The van der Waals surface area contributed by atoms with Gasteiger partial charge in [-0.15, -0.1) is 0 Å². The Morgan fingerprint density at radius 3 is 1.83 bits per heavy atom. The van der Waals surface area contributed by atoms with Gasteiger partial charge in [-0.1, -0.05) is 81.4 Å². The van der Waals surface area contributed by atoms with Crippen molar-refractivity contribution in [1.82, 2.24) is 5.32 Å². The predicted octanol–water partition coefficient (Wildman–Crippen LogP) is 3.73. The van der Waals surface area contributed by atoms with Crippen LogP contribution in [-0.2, 0) is 4.79 Å². The van der Waals surface area contributed by atoms with E-state index in [1.54, 1.807) is 0 Å². The first kappa shape index (κ1) is 18.2. The molecule has 1 atom stereocenters. The number of nitrogens with one attached hydrogen (secondary N) is 1. The van der Waals surface area contributed by atoms with Crippen molar-refractivity contribution < 1.29 is 9.90 Å². The van der Waals surface area contributed by atoms with Gasteiger partial charge in [-0.2, -0.15) is 0 Å². The Morgan fingerprint density at radius 2 is 1.42 bits per heavy atom. The molecule has 2 aromatic carbocycles. The van der Waals surface area contributed by atoms with Crippen LogP contribution in [0.1, 0.15) is 44.2 Å². The molecule has 24 heavy (non-hydrogen) atoms. The van der Waals surface area contributed by atoms with E-state index < -0.39 is 6.10 Å². The summed E-state index contributed by atoms with van der Waals surface area (Å²) in [7, 11) is 0. The Labute approximate surface area is 144 Å².